The van der Waals surface area contributed by atoms with Crippen molar-refractivity contribution in [3.63, 3.8) is 0 Å². The summed E-state index contributed by atoms with van der Waals surface area (Å²) in [6.07, 6.45) is 10.3. The molecule has 0 bridgehead atoms. The number of pyridine rings is 1. The molecule has 0 aliphatic rings. The summed E-state index contributed by atoms with van der Waals surface area (Å²) in [4.78, 5) is 18.7. The Morgan fingerprint density at radius 3 is 2.04 bits per heavy atom. The minimum atomic E-state index is 0. The molecule has 4 rings (SSSR count). The van der Waals surface area contributed by atoms with Gasteiger partial charge in [0.1, 0.15) is 0 Å². The van der Waals surface area contributed by atoms with Gasteiger partial charge in [0.2, 0.25) is 0 Å². The topological polar surface area (TPSA) is 67.3 Å². The molecule has 1 N–H and O–H groups in total. The fourth-order valence-electron chi connectivity index (χ4n) is 1.85. The molecule has 0 aliphatic carbocycles. The van der Waals surface area contributed by atoms with Crippen molar-refractivity contribution in [2.75, 3.05) is 0 Å². The van der Waals surface area contributed by atoms with Crippen molar-refractivity contribution in [1.29, 1.82) is 0 Å². The Labute approximate surface area is 149 Å². The summed E-state index contributed by atoms with van der Waals surface area (Å²) >= 11 is 0. The molecule has 0 fully saturated rings. The Bertz CT molecular complexity index is 804. The highest BCUT2D eigenvalue weighted by molar-refractivity contribution is 5.74. The average Bonchev–Trinajstić information content (AvgIpc) is 3.05. The molecule has 0 radical (unpaired) electrons. The van der Waals surface area contributed by atoms with E-state index in [1.54, 1.807) is 37.3 Å². The lowest BCUT2D eigenvalue weighted by Crippen LogP contribution is -1.77. The molecule has 4 aromatic rings. The fourth-order valence-corrected chi connectivity index (χ4v) is 1.85. The van der Waals surface area contributed by atoms with Crippen LogP contribution in [0.15, 0.2) is 67.6 Å². The van der Waals surface area contributed by atoms with Gasteiger partial charge >= 0.3 is 0 Å². The molecule has 25 heavy (non-hydrogen) atoms. The molecule has 0 spiro atoms. The molecule has 0 saturated carbocycles. The number of rotatable bonds is 0. The Hall–Kier alpha value is -3.08. The molecule has 5 nitrogen and oxygen atoms in total. The number of hydrogen-bond acceptors (Lipinski definition) is 4. The number of benzene rings is 1. The summed E-state index contributed by atoms with van der Waals surface area (Å²) in [6.45, 7) is 6.02. The molecule has 5 heteroatoms. The predicted octanol–water partition coefficient (Wildman–Crippen LogP) is 4.68. The number of H-pyrrole nitrogens is 1. The van der Waals surface area contributed by atoms with Crippen LogP contribution in [0.25, 0.3) is 11.0 Å². The molecule has 3 aromatic heterocycles. The molecule has 0 aliphatic heterocycles. The van der Waals surface area contributed by atoms with Gasteiger partial charge in [-0.2, -0.15) is 0 Å². The van der Waals surface area contributed by atoms with Crippen molar-refractivity contribution in [2.45, 2.75) is 28.2 Å². The van der Waals surface area contributed by atoms with Crippen molar-refractivity contribution in [1.82, 2.24) is 24.9 Å². The van der Waals surface area contributed by atoms with Crippen LogP contribution in [0.1, 0.15) is 24.2 Å². The summed E-state index contributed by atoms with van der Waals surface area (Å²) in [7, 11) is 0. The van der Waals surface area contributed by atoms with Gasteiger partial charge in [-0.25, -0.2) is 4.98 Å². The van der Waals surface area contributed by atoms with E-state index in [1.165, 1.54) is 11.1 Å². The van der Waals surface area contributed by atoms with Crippen molar-refractivity contribution in [3.05, 3.63) is 84.5 Å². The lowest BCUT2D eigenvalue weighted by molar-refractivity contribution is 1.12. The quantitative estimate of drug-likeness (QED) is 0.506. The molecule has 3 heterocycles. The Kier molecular flexibility index (Phi) is 8.50. The Morgan fingerprint density at radius 2 is 1.52 bits per heavy atom. The van der Waals surface area contributed by atoms with Gasteiger partial charge in [-0.15, -0.1) is 0 Å². The second-order valence-corrected chi connectivity index (χ2v) is 5.29. The first-order valence-electron chi connectivity index (χ1n) is 7.64. The van der Waals surface area contributed by atoms with Crippen LogP contribution in [-0.4, -0.2) is 24.9 Å². The first-order valence-corrected chi connectivity index (χ1v) is 7.64. The monoisotopic (exact) mass is 335 g/mol. The molecule has 0 atom stereocenters. The van der Waals surface area contributed by atoms with Crippen LogP contribution >= 0.6 is 0 Å². The van der Waals surface area contributed by atoms with Crippen LogP contribution in [0.5, 0.6) is 0 Å². The van der Waals surface area contributed by atoms with Gasteiger partial charge in [-0.05, 0) is 56.2 Å². The maximum atomic E-state index is 4.10. The third kappa shape index (κ3) is 7.35. The summed E-state index contributed by atoms with van der Waals surface area (Å²) in [5.74, 6) is 0. The fraction of sp³-hybridized carbons (Fsp3) is 0.200. The van der Waals surface area contributed by atoms with Crippen LogP contribution in [0, 0.1) is 20.8 Å². The zero-order valence-corrected chi connectivity index (χ0v) is 14.1. The Balaban J connectivity index is 0.000000189. The minimum Gasteiger partial charge on any atom is -0.345 e. The highest BCUT2D eigenvalue weighted by atomic mass is 14.9. The number of imidazole rings is 1. The van der Waals surface area contributed by atoms with E-state index in [0.29, 0.717) is 0 Å². The number of aromatic nitrogens is 5. The number of fused-ring (bicyclic) bond motifs is 1. The third-order valence-electron chi connectivity index (χ3n) is 3.12. The van der Waals surface area contributed by atoms with Crippen LogP contribution in [0.2, 0.25) is 0 Å². The molecule has 1 aromatic carbocycles. The number of hydrogen-bond donors (Lipinski definition) is 1. The maximum Gasteiger partial charge on any atom is 0.0931 e. The largest absolute Gasteiger partial charge is 0.345 e. The van der Waals surface area contributed by atoms with Crippen LogP contribution in [0.4, 0.5) is 0 Å². The van der Waals surface area contributed by atoms with Crippen molar-refractivity contribution in [2.24, 2.45) is 0 Å². The highest BCUT2D eigenvalue weighted by Crippen LogP contribution is 2.09. The van der Waals surface area contributed by atoms with E-state index in [1.807, 2.05) is 32.0 Å². The number of aromatic amines is 1. The van der Waals surface area contributed by atoms with E-state index in [9.17, 15) is 0 Å². The van der Waals surface area contributed by atoms with Gasteiger partial charge in [0.05, 0.1) is 23.1 Å². The van der Waals surface area contributed by atoms with Crippen LogP contribution in [0.3, 0.4) is 0 Å². The van der Waals surface area contributed by atoms with E-state index in [0.717, 1.165) is 16.7 Å². The molecule has 0 amide bonds. The van der Waals surface area contributed by atoms with Crippen molar-refractivity contribution < 1.29 is 0 Å². The highest BCUT2D eigenvalue weighted by Gasteiger charge is 1.92. The van der Waals surface area contributed by atoms with E-state index in [4.69, 9.17) is 0 Å². The predicted molar refractivity (Wildman–Crippen MR) is 103 cm³/mol. The van der Waals surface area contributed by atoms with E-state index >= 15 is 0 Å². The molecular formula is C20H25N5. The second-order valence-electron chi connectivity index (χ2n) is 5.29. The summed E-state index contributed by atoms with van der Waals surface area (Å²) < 4.78 is 0. The van der Waals surface area contributed by atoms with Gasteiger partial charge in [-0.1, -0.05) is 13.5 Å². The molecule has 130 valence electrons. The zero-order valence-electron chi connectivity index (χ0n) is 14.1. The van der Waals surface area contributed by atoms with Crippen LogP contribution < -0.4 is 0 Å². The first-order chi connectivity index (χ1) is 11.6. The number of nitrogens with zero attached hydrogens (tertiary/aromatic N) is 4. The third-order valence-corrected chi connectivity index (χ3v) is 3.12. The summed E-state index contributed by atoms with van der Waals surface area (Å²) in [5.41, 5.74) is 5.62. The van der Waals surface area contributed by atoms with Crippen molar-refractivity contribution in [3.8, 4) is 0 Å². The second kappa shape index (κ2) is 10.6. The van der Waals surface area contributed by atoms with Crippen LogP contribution in [-0.2, 0) is 0 Å². The number of nitrogens with one attached hydrogen (secondary N) is 1. The maximum absolute atomic E-state index is 4.10. The minimum absolute atomic E-state index is 0. The van der Waals surface area contributed by atoms with E-state index in [2.05, 4.69) is 44.0 Å². The molecular weight excluding hydrogens is 310 g/mol. The molecule has 0 saturated heterocycles. The molecule has 0 unspecified atom stereocenters. The van der Waals surface area contributed by atoms with E-state index in [-0.39, 0.29) is 7.43 Å². The smallest absolute Gasteiger partial charge is 0.0931 e. The summed E-state index contributed by atoms with van der Waals surface area (Å²) in [5, 5.41) is 0. The van der Waals surface area contributed by atoms with Gasteiger partial charge < -0.3 is 4.98 Å². The summed E-state index contributed by atoms with van der Waals surface area (Å²) in [6, 6.07) is 10.1. The van der Waals surface area contributed by atoms with Gasteiger partial charge in [0.15, 0.2) is 0 Å². The lowest BCUT2D eigenvalue weighted by Gasteiger charge is -1.89. The normalized spacial score (nSPS) is 9.08. The SMILES string of the molecule is C.Cc1ccc2nc[nH]c2c1.Cc1ccncc1.Cc1cnccn1. The van der Waals surface area contributed by atoms with Gasteiger partial charge in [0, 0.05) is 31.0 Å². The van der Waals surface area contributed by atoms with Gasteiger partial charge in [0.25, 0.3) is 0 Å². The standard InChI is InChI=1S/C8H8N2.C6H7N.C5H6N2.CH4/c1-6-2-3-7-8(4-6)10-5-9-7;1-6-2-4-7-5-3-6;1-5-4-6-2-3-7-5;/h2-5H,1H3,(H,9,10);2-5H,1H3;2-4H,1H3;1H4. The Morgan fingerprint density at radius 1 is 0.760 bits per heavy atom. The first kappa shape index (κ1) is 20.0. The van der Waals surface area contributed by atoms with E-state index < -0.39 is 0 Å². The van der Waals surface area contributed by atoms with Gasteiger partial charge in [-0.3, -0.25) is 15.0 Å². The van der Waals surface area contributed by atoms with Crippen molar-refractivity contribution >= 4 is 11.0 Å². The average molecular weight is 335 g/mol. The lowest BCUT2D eigenvalue weighted by atomic mass is 10.2. The zero-order chi connectivity index (χ0) is 17.2. The number of aryl methyl sites for hydroxylation is 3.